The Morgan fingerprint density at radius 1 is 1.20 bits per heavy atom. The van der Waals surface area contributed by atoms with Gasteiger partial charge >= 0.3 is 5.63 Å². The van der Waals surface area contributed by atoms with Crippen molar-refractivity contribution < 1.29 is 9.15 Å². The molecule has 0 spiro atoms. The molecule has 1 aromatic heterocycles. The summed E-state index contributed by atoms with van der Waals surface area (Å²) >= 11 is 0. The van der Waals surface area contributed by atoms with Gasteiger partial charge in [-0.3, -0.25) is 0 Å². The molecule has 1 aliphatic heterocycles. The summed E-state index contributed by atoms with van der Waals surface area (Å²) in [7, 11) is 0. The van der Waals surface area contributed by atoms with Crippen LogP contribution in [-0.4, -0.2) is 0 Å². The maximum Gasteiger partial charge on any atom is 0.343 e. The minimum atomic E-state index is -0.451. The number of para-hydroxylation sites is 1. The normalized spacial score (nSPS) is 16.4. The zero-order valence-electron chi connectivity index (χ0n) is 14.4. The smallest absolute Gasteiger partial charge is 0.343 e. The highest BCUT2D eigenvalue weighted by Gasteiger charge is 2.33. The van der Waals surface area contributed by atoms with Gasteiger partial charge in [-0.25, -0.2) is 4.79 Å². The van der Waals surface area contributed by atoms with Crippen LogP contribution in [0.15, 0.2) is 44.9 Å². The molecule has 1 aliphatic rings. The summed E-state index contributed by atoms with van der Waals surface area (Å²) in [6.07, 6.45) is 6.20. The molecule has 0 aliphatic carbocycles. The molecule has 5 nitrogen and oxygen atoms in total. The number of nitriles is 1. The predicted molar refractivity (Wildman–Crippen MR) is 96.1 cm³/mol. The molecular formula is C20H22N2O3. The van der Waals surface area contributed by atoms with Crippen LogP contribution >= 0.6 is 0 Å². The number of nitrogens with zero attached hydrogens (tertiary/aromatic N) is 1. The van der Waals surface area contributed by atoms with E-state index in [1.54, 1.807) is 12.1 Å². The quantitative estimate of drug-likeness (QED) is 0.625. The fraction of sp³-hybridized carbons (Fsp3) is 0.400. The number of allylic oxidation sites excluding steroid dienone is 1. The van der Waals surface area contributed by atoms with Gasteiger partial charge in [0.25, 0.3) is 0 Å². The van der Waals surface area contributed by atoms with Gasteiger partial charge in [0.05, 0.1) is 16.5 Å². The molecule has 0 saturated heterocycles. The third-order valence-electron chi connectivity index (χ3n) is 4.69. The Balaban J connectivity index is 2.01. The number of ether oxygens (including phenoxy) is 1. The van der Waals surface area contributed by atoms with Crippen molar-refractivity contribution in [2.45, 2.75) is 51.4 Å². The summed E-state index contributed by atoms with van der Waals surface area (Å²) in [5.74, 6) is 0.155. The lowest BCUT2D eigenvalue weighted by Gasteiger charge is -2.25. The number of rotatable bonds is 6. The number of benzene rings is 1. The zero-order chi connectivity index (χ0) is 17.8. The number of fused-ring (bicyclic) bond motifs is 3. The summed E-state index contributed by atoms with van der Waals surface area (Å²) in [6, 6.07) is 9.33. The molecule has 0 bridgehead atoms. The van der Waals surface area contributed by atoms with Crippen molar-refractivity contribution in [2.75, 3.05) is 0 Å². The fourth-order valence-corrected chi connectivity index (χ4v) is 3.40. The lowest BCUT2D eigenvalue weighted by atomic mass is 9.85. The molecular weight excluding hydrogens is 316 g/mol. The molecule has 2 heterocycles. The van der Waals surface area contributed by atoms with Gasteiger partial charge in [-0.15, -0.1) is 0 Å². The molecule has 3 rings (SSSR count). The highest BCUT2D eigenvalue weighted by atomic mass is 16.5. The Kier molecular flexibility index (Phi) is 5.08. The topological polar surface area (TPSA) is 89.3 Å². The van der Waals surface area contributed by atoms with E-state index in [-0.39, 0.29) is 11.8 Å². The van der Waals surface area contributed by atoms with Crippen LogP contribution in [-0.2, 0) is 0 Å². The van der Waals surface area contributed by atoms with E-state index in [0.717, 1.165) is 19.3 Å². The van der Waals surface area contributed by atoms with E-state index < -0.39 is 5.63 Å². The van der Waals surface area contributed by atoms with Crippen molar-refractivity contribution >= 4 is 11.0 Å². The second-order valence-corrected chi connectivity index (χ2v) is 6.38. The van der Waals surface area contributed by atoms with Crippen LogP contribution < -0.4 is 16.1 Å². The molecule has 1 atom stereocenters. The van der Waals surface area contributed by atoms with Crippen molar-refractivity contribution in [1.82, 2.24) is 0 Å². The standard InChI is InChI=1S/C20H22N2O3/c1-2-3-4-5-6-9-13-15(12-21)19(22)25-18-14-10-7-8-11-16(14)24-20(23)17(13)18/h7-8,10-11,13H,2-6,9,22H2,1H3. The van der Waals surface area contributed by atoms with Crippen molar-refractivity contribution in [3.8, 4) is 11.8 Å². The van der Waals surface area contributed by atoms with Crippen LogP contribution in [0.25, 0.3) is 11.0 Å². The van der Waals surface area contributed by atoms with Crippen molar-refractivity contribution in [1.29, 1.82) is 5.26 Å². The molecule has 130 valence electrons. The first-order valence-electron chi connectivity index (χ1n) is 8.80. The van der Waals surface area contributed by atoms with E-state index in [2.05, 4.69) is 13.0 Å². The Bertz CT molecular complexity index is 905. The summed E-state index contributed by atoms with van der Waals surface area (Å²) in [6.45, 7) is 2.17. The fourth-order valence-electron chi connectivity index (χ4n) is 3.40. The predicted octanol–water partition coefficient (Wildman–Crippen LogP) is 4.32. The number of hydrogen-bond donors (Lipinski definition) is 1. The van der Waals surface area contributed by atoms with Crippen molar-refractivity contribution in [3.05, 3.63) is 51.7 Å². The first-order valence-corrected chi connectivity index (χ1v) is 8.80. The van der Waals surface area contributed by atoms with Gasteiger partial charge in [0, 0.05) is 5.92 Å². The third kappa shape index (κ3) is 3.25. The highest BCUT2D eigenvalue weighted by Crippen LogP contribution is 2.42. The Morgan fingerprint density at radius 3 is 2.72 bits per heavy atom. The molecule has 25 heavy (non-hydrogen) atoms. The Labute approximate surface area is 146 Å². The van der Waals surface area contributed by atoms with E-state index in [4.69, 9.17) is 14.9 Å². The van der Waals surface area contributed by atoms with E-state index in [0.29, 0.717) is 34.3 Å². The van der Waals surface area contributed by atoms with Crippen LogP contribution in [0.4, 0.5) is 0 Å². The maximum absolute atomic E-state index is 12.6. The Morgan fingerprint density at radius 2 is 1.96 bits per heavy atom. The van der Waals surface area contributed by atoms with Crippen LogP contribution in [0.1, 0.15) is 56.9 Å². The largest absolute Gasteiger partial charge is 0.439 e. The van der Waals surface area contributed by atoms with Gasteiger partial charge in [-0.2, -0.15) is 5.26 Å². The van der Waals surface area contributed by atoms with Crippen LogP contribution in [0.2, 0.25) is 0 Å². The van der Waals surface area contributed by atoms with Crippen LogP contribution in [0.3, 0.4) is 0 Å². The van der Waals surface area contributed by atoms with E-state index in [1.165, 1.54) is 12.8 Å². The SMILES string of the molecule is CCCCCCCC1C(C#N)=C(N)Oc2c1c(=O)oc1ccccc21. The maximum atomic E-state index is 12.6. The van der Waals surface area contributed by atoms with Crippen molar-refractivity contribution in [2.24, 2.45) is 5.73 Å². The summed E-state index contributed by atoms with van der Waals surface area (Å²) in [5.41, 5.74) is 6.74. The average molecular weight is 338 g/mol. The molecule has 1 unspecified atom stereocenters. The van der Waals surface area contributed by atoms with Gasteiger partial charge in [-0.1, -0.05) is 51.2 Å². The second kappa shape index (κ2) is 7.43. The molecule has 2 N–H and O–H groups in total. The number of nitrogens with two attached hydrogens (primary N) is 1. The van der Waals surface area contributed by atoms with Gasteiger partial charge in [-0.05, 0) is 18.6 Å². The summed E-state index contributed by atoms with van der Waals surface area (Å²) in [4.78, 5) is 12.6. The molecule has 0 amide bonds. The first-order chi connectivity index (χ1) is 12.2. The first kappa shape index (κ1) is 17.1. The molecule has 1 aromatic carbocycles. The number of unbranched alkanes of at least 4 members (excludes halogenated alkanes) is 4. The molecule has 0 fully saturated rings. The third-order valence-corrected chi connectivity index (χ3v) is 4.69. The van der Waals surface area contributed by atoms with Gasteiger partial charge in [0.1, 0.15) is 11.7 Å². The lowest BCUT2D eigenvalue weighted by molar-refractivity contribution is 0.376. The monoisotopic (exact) mass is 338 g/mol. The van der Waals surface area contributed by atoms with Gasteiger partial charge in [0.15, 0.2) is 5.75 Å². The van der Waals surface area contributed by atoms with E-state index in [1.807, 2.05) is 12.1 Å². The minimum absolute atomic E-state index is 0.0873. The van der Waals surface area contributed by atoms with E-state index >= 15 is 0 Å². The lowest BCUT2D eigenvalue weighted by Crippen LogP contribution is -2.25. The van der Waals surface area contributed by atoms with Crippen molar-refractivity contribution in [3.63, 3.8) is 0 Å². The summed E-state index contributed by atoms with van der Waals surface area (Å²) in [5, 5.41) is 10.2. The zero-order valence-corrected chi connectivity index (χ0v) is 14.4. The van der Waals surface area contributed by atoms with Gasteiger partial charge in [0.2, 0.25) is 5.88 Å². The average Bonchev–Trinajstić information content (AvgIpc) is 2.61. The molecule has 0 radical (unpaired) electrons. The number of hydrogen-bond acceptors (Lipinski definition) is 5. The highest BCUT2D eigenvalue weighted by molar-refractivity contribution is 5.85. The van der Waals surface area contributed by atoms with Crippen LogP contribution in [0, 0.1) is 11.3 Å². The molecule has 5 heteroatoms. The Hall–Kier alpha value is -2.74. The van der Waals surface area contributed by atoms with E-state index in [9.17, 15) is 10.1 Å². The second-order valence-electron chi connectivity index (χ2n) is 6.38. The van der Waals surface area contributed by atoms with Crippen LogP contribution in [0.5, 0.6) is 5.75 Å². The molecule has 0 saturated carbocycles. The summed E-state index contributed by atoms with van der Waals surface area (Å²) < 4.78 is 11.1. The minimum Gasteiger partial charge on any atom is -0.439 e. The molecule has 2 aromatic rings. The van der Waals surface area contributed by atoms with Gasteiger partial charge < -0.3 is 14.9 Å².